The number of aliphatic hydroxyl groups excluding tert-OH is 3. The Morgan fingerprint density at radius 3 is 1.92 bits per heavy atom. The number of hydrogen-bond acceptors (Lipinski definition) is 4. The van der Waals surface area contributed by atoms with Crippen LogP contribution >= 0.6 is 0 Å². The van der Waals surface area contributed by atoms with Gasteiger partial charge in [-0.05, 0) is 38.0 Å². The van der Waals surface area contributed by atoms with E-state index in [2.05, 4.69) is 0 Å². The topological polar surface area (TPSA) is 80.9 Å². The summed E-state index contributed by atoms with van der Waals surface area (Å²) in [6.07, 6.45) is 2.01. The second-order valence-corrected chi connectivity index (χ2v) is 3.30. The van der Waals surface area contributed by atoms with Crippen molar-refractivity contribution in [2.45, 2.75) is 38.4 Å². The smallest absolute Gasteiger partial charge is 0.151 e. The first-order chi connectivity index (χ1) is 6.20. The molecule has 1 atom stereocenters. The van der Waals surface area contributed by atoms with Crippen molar-refractivity contribution in [1.29, 1.82) is 0 Å². The van der Waals surface area contributed by atoms with Crippen LogP contribution in [0, 0.1) is 5.92 Å². The van der Waals surface area contributed by atoms with Gasteiger partial charge in [-0.3, -0.25) is 0 Å². The summed E-state index contributed by atoms with van der Waals surface area (Å²) in [6, 6.07) is 0. The van der Waals surface area contributed by atoms with Crippen LogP contribution in [-0.2, 0) is 0 Å². The molecule has 0 spiro atoms. The third-order valence-corrected chi connectivity index (χ3v) is 2.14. The van der Waals surface area contributed by atoms with Gasteiger partial charge in [-0.25, -0.2) is 0 Å². The Morgan fingerprint density at radius 2 is 1.46 bits per heavy atom. The molecule has 0 heterocycles. The molecule has 0 aromatic heterocycles. The van der Waals surface area contributed by atoms with Gasteiger partial charge in [0, 0.05) is 13.2 Å². The molecule has 0 radical (unpaired) electrons. The molecule has 4 N–H and O–H groups in total. The minimum atomic E-state index is -1.25. The first kappa shape index (κ1) is 12.8. The fourth-order valence-corrected chi connectivity index (χ4v) is 1.38. The van der Waals surface area contributed by atoms with E-state index < -0.39 is 6.29 Å². The molecule has 0 rings (SSSR count). The maximum absolute atomic E-state index is 8.71. The lowest BCUT2D eigenvalue weighted by atomic mass is 9.94. The van der Waals surface area contributed by atoms with Crippen molar-refractivity contribution in [3.8, 4) is 0 Å². The molecule has 0 fully saturated rings. The largest absolute Gasteiger partial charge is 0.396 e. The van der Waals surface area contributed by atoms with Crippen LogP contribution in [0.1, 0.15) is 32.1 Å². The van der Waals surface area contributed by atoms with Gasteiger partial charge in [0.05, 0.1) is 0 Å². The third kappa shape index (κ3) is 8.18. The highest BCUT2D eigenvalue weighted by atomic mass is 16.5. The maximum Gasteiger partial charge on any atom is 0.151 e. The SMILES string of the molecule is OCCCC(CCO)CCC(O)O. The minimum Gasteiger partial charge on any atom is -0.396 e. The van der Waals surface area contributed by atoms with E-state index in [1.165, 1.54) is 0 Å². The van der Waals surface area contributed by atoms with Crippen LogP contribution in [0.4, 0.5) is 0 Å². The highest BCUT2D eigenvalue weighted by molar-refractivity contribution is 4.60. The summed E-state index contributed by atoms with van der Waals surface area (Å²) in [5, 5.41) is 34.6. The van der Waals surface area contributed by atoms with Gasteiger partial charge >= 0.3 is 0 Å². The Bertz CT molecular complexity index is 106. The molecule has 0 saturated carbocycles. The summed E-state index contributed by atoms with van der Waals surface area (Å²) >= 11 is 0. The molecule has 0 bridgehead atoms. The first-order valence-corrected chi connectivity index (χ1v) is 4.78. The lowest BCUT2D eigenvalue weighted by Crippen LogP contribution is -2.10. The van der Waals surface area contributed by atoms with Crippen molar-refractivity contribution in [3.05, 3.63) is 0 Å². The Hall–Kier alpha value is -0.160. The lowest BCUT2D eigenvalue weighted by Gasteiger charge is -2.15. The van der Waals surface area contributed by atoms with Crippen LogP contribution in [0.5, 0.6) is 0 Å². The van der Waals surface area contributed by atoms with Gasteiger partial charge in [-0.1, -0.05) is 0 Å². The second-order valence-electron chi connectivity index (χ2n) is 3.30. The quantitative estimate of drug-likeness (QED) is 0.403. The van der Waals surface area contributed by atoms with E-state index in [-0.39, 0.29) is 13.2 Å². The average molecular weight is 192 g/mol. The zero-order chi connectivity index (χ0) is 10.1. The van der Waals surface area contributed by atoms with Crippen molar-refractivity contribution in [2.24, 2.45) is 5.92 Å². The molecule has 0 aliphatic carbocycles. The molecular formula is C9H20O4. The van der Waals surface area contributed by atoms with Crippen LogP contribution in [0.15, 0.2) is 0 Å². The van der Waals surface area contributed by atoms with Gasteiger partial charge in [-0.2, -0.15) is 0 Å². The molecule has 0 aliphatic heterocycles. The molecule has 80 valence electrons. The summed E-state index contributed by atoms with van der Waals surface area (Å²) in [5.41, 5.74) is 0. The Labute approximate surface area is 78.8 Å². The van der Waals surface area contributed by atoms with Gasteiger partial charge in [0.25, 0.3) is 0 Å². The second kappa shape index (κ2) is 8.44. The molecule has 0 saturated heterocycles. The molecule has 0 aromatic rings. The van der Waals surface area contributed by atoms with E-state index in [1.54, 1.807) is 0 Å². The van der Waals surface area contributed by atoms with Gasteiger partial charge in [0.1, 0.15) is 0 Å². The summed E-state index contributed by atoms with van der Waals surface area (Å²) in [6.45, 7) is 0.279. The van der Waals surface area contributed by atoms with Crippen LogP contribution in [0.3, 0.4) is 0 Å². The van der Waals surface area contributed by atoms with Crippen LogP contribution < -0.4 is 0 Å². The molecule has 4 nitrogen and oxygen atoms in total. The first-order valence-electron chi connectivity index (χ1n) is 4.78. The van der Waals surface area contributed by atoms with Gasteiger partial charge in [0.2, 0.25) is 0 Å². The van der Waals surface area contributed by atoms with E-state index in [9.17, 15) is 0 Å². The van der Waals surface area contributed by atoms with E-state index in [0.29, 0.717) is 31.6 Å². The zero-order valence-corrected chi connectivity index (χ0v) is 7.89. The Kier molecular flexibility index (Phi) is 8.33. The molecule has 1 unspecified atom stereocenters. The van der Waals surface area contributed by atoms with Crippen LogP contribution in [0.2, 0.25) is 0 Å². The number of hydrogen-bond donors (Lipinski definition) is 4. The fraction of sp³-hybridized carbons (Fsp3) is 1.00. The van der Waals surface area contributed by atoms with Crippen molar-refractivity contribution in [3.63, 3.8) is 0 Å². The summed E-state index contributed by atoms with van der Waals surface area (Å²) in [5.74, 6) is 0.291. The zero-order valence-electron chi connectivity index (χ0n) is 7.89. The van der Waals surface area contributed by atoms with E-state index in [1.807, 2.05) is 0 Å². The Balaban J connectivity index is 3.53. The fourth-order valence-electron chi connectivity index (χ4n) is 1.38. The molecular weight excluding hydrogens is 172 g/mol. The average Bonchev–Trinajstić information content (AvgIpc) is 2.09. The number of rotatable bonds is 8. The van der Waals surface area contributed by atoms with Crippen molar-refractivity contribution in [1.82, 2.24) is 0 Å². The third-order valence-electron chi connectivity index (χ3n) is 2.14. The number of aliphatic hydroxyl groups is 4. The van der Waals surface area contributed by atoms with E-state index in [4.69, 9.17) is 20.4 Å². The van der Waals surface area contributed by atoms with Crippen molar-refractivity contribution >= 4 is 0 Å². The van der Waals surface area contributed by atoms with Gasteiger partial charge in [0.15, 0.2) is 6.29 Å². The molecule has 4 heteroatoms. The predicted molar refractivity (Wildman–Crippen MR) is 49.0 cm³/mol. The van der Waals surface area contributed by atoms with Crippen LogP contribution in [-0.4, -0.2) is 39.9 Å². The highest BCUT2D eigenvalue weighted by Crippen LogP contribution is 2.17. The highest BCUT2D eigenvalue weighted by Gasteiger charge is 2.09. The monoisotopic (exact) mass is 192 g/mol. The van der Waals surface area contributed by atoms with E-state index >= 15 is 0 Å². The van der Waals surface area contributed by atoms with Gasteiger partial charge in [-0.15, -0.1) is 0 Å². The summed E-state index contributed by atoms with van der Waals surface area (Å²) in [4.78, 5) is 0. The van der Waals surface area contributed by atoms with Crippen molar-refractivity contribution in [2.75, 3.05) is 13.2 Å². The van der Waals surface area contributed by atoms with Gasteiger partial charge < -0.3 is 20.4 Å². The standard InChI is InChI=1S/C9H20O4/c10-6-1-2-8(5-7-11)3-4-9(12)13/h8-13H,1-7H2. The predicted octanol–water partition coefficient (Wildman–Crippen LogP) is -0.152. The summed E-state index contributed by atoms with van der Waals surface area (Å²) in [7, 11) is 0. The molecule has 0 aromatic carbocycles. The normalized spacial score (nSPS) is 13.6. The van der Waals surface area contributed by atoms with Crippen molar-refractivity contribution < 1.29 is 20.4 Å². The lowest BCUT2D eigenvalue weighted by molar-refractivity contribution is -0.0496. The minimum absolute atomic E-state index is 0.123. The molecule has 13 heavy (non-hydrogen) atoms. The maximum atomic E-state index is 8.71. The molecule has 0 aliphatic rings. The Morgan fingerprint density at radius 1 is 0.769 bits per heavy atom. The van der Waals surface area contributed by atoms with Crippen LogP contribution in [0.25, 0.3) is 0 Å². The van der Waals surface area contributed by atoms with E-state index in [0.717, 1.165) is 6.42 Å². The summed E-state index contributed by atoms with van der Waals surface area (Å²) < 4.78 is 0. The molecule has 0 amide bonds.